The first-order valence-electron chi connectivity index (χ1n) is 4.57. The molecule has 0 saturated carbocycles. The van der Waals surface area contributed by atoms with Gasteiger partial charge in [0, 0.05) is 18.6 Å². The monoisotopic (exact) mass is 237 g/mol. The molecule has 2 rings (SSSR count). The third-order valence-electron chi connectivity index (χ3n) is 2.23. The van der Waals surface area contributed by atoms with Crippen molar-refractivity contribution >= 4 is 15.5 Å². The van der Waals surface area contributed by atoms with Crippen molar-refractivity contribution in [1.82, 2.24) is 9.55 Å². The van der Waals surface area contributed by atoms with Crippen LogP contribution in [0.1, 0.15) is 0 Å². The summed E-state index contributed by atoms with van der Waals surface area (Å²) in [4.78, 5) is 4.03. The lowest BCUT2D eigenvalue weighted by Gasteiger charge is -2.09. The van der Waals surface area contributed by atoms with Gasteiger partial charge in [0.15, 0.2) is 9.84 Å². The van der Waals surface area contributed by atoms with E-state index in [-0.39, 0.29) is 10.6 Å². The molecule has 5 nitrogen and oxygen atoms in total. The molecule has 0 bridgehead atoms. The van der Waals surface area contributed by atoms with Crippen LogP contribution in [0.4, 0.5) is 5.69 Å². The van der Waals surface area contributed by atoms with Crippen molar-refractivity contribution in [3.05, 3.63) is 36.9 Å². The van der Waals surface area contributed by atoms with Crippen LogP contribution < -0.4 is 5.73 Å². The smallest absolute Gasteiger partial charge is 0.177 e. The number of imidazole rings is 1. The van der Waals surface area contributed by atoms with Gasteiger partial charge in [0.1, 0.15) is 0 Å². The molecule has 0 saturated heterocycles. The Morgan fingerprint density at radius 2 is 2.12 bits per heavy atom. The SMILES string of the molecule is CS(=O)(=O)c1cccc(-n2ccnc2)c1N. The second kappa shape index (κ2) is 3.64. The number of nitrogens with two attached hydrogens (primary N) is 1. The average Bonchev–Trinajstić information content (AvgIpc) is 2.69. The summed E-state index contributed by atoms with van der Waals surface area (Å²) in [5, 5.41) is 0. The van der Waals surface area contributed by atoms with E-state index in [0.717, 1.165) is 6.26 Å². The molecule has 84 valence electrons. The van der Waals surface area contributed by atoms with E-state index in [1.54, 1.807) is 35.4 Å². The van der Waals surface area contributed by atoms with Crippen molar-refractivity contribution in [2.24, 2.45) is 0 Å². The maximum Gasteiger partial charge on any atom is 0.177 e. The van der Waals surface area contributed by atoms with Gasteiger partial charge in [-0.15, -0.1) is 0 Å². The summed E-state index contributed by atoms with van der Waals surface area (Å²) >= 11 is 0. The van der Waals surface area contributed by atoms with E-state index in [0.29, 0.717) is 5.69 Å². The van der Waals surface area contributed by atoms with Crippen molar-refractivity contribution in [2.45, 2.75) is 4.90 Å². The molecule has 0 aliphatic rings. The van der Waals surface area contributed by atoms with E-state index in [2.05, 4.69) is 4.98 Å². The first-order chi connectivity index (χ1) is 7.50. The summed E-state index contributed by atoms with van der Waals surface area (Å²) in [7, 11) is -3.31. The molecule has 0 aliphatic carbocycles. The minimum Gasteiger partial charge on any atom is -0.396 e. The highest BCUT2D eigenvalue weighted by Gasteiger charge is 2.14. The van der Waals surface area contributed by atoms with Crippen LogP contribution in [0, 0.1) is 0 Å². The van der Waals surface area contributed by atoms with Crippen LogP contribution in [0.15, 0.2) is 41.8 Å². The third-order valence-corrected chi connectivity index (χ3v) is 3.38. The molecule has 1 aromatic carbocycles. The quantitative estimate of drug-likeness (QED) is 0.786. The molecular weight excluding hydrogens is 226 g/mol. The molecule has 0 unspecified atom stereocenters. The highest BCUT2D eigenvalue weighted by molar-refractivity contribution is 7.90. The van der Waals surface area contributed by atoms with Crippen molar-refractivity contribution in [3.63, 3.8) is 0 Å². The summed E-state index contributed by atoms with van der Waals surface area (Å²) in [5.74, 6) is 0. The molecular formula is C10H11N3O2S. The van der Waals surface area contributed by atoms with Gasteiger partial charge in [0.05, 0.1) is 22.6 Å². The van der Waals surface area contributed by atoms with Crippen molar-refractivity contribution < 1.29 is 8.42 Å². The number of rotatable bonds is 2. The van der Waals surface area contributed by atoms with Gasteiger partial charge in [-0.2, -0.15) is 0 Å². The fourth-order valence-corrected chi connectivity index (χ4v) is 2.31. The van der Waals surface area contributed by atoms with Crippen LogP contribution in [0.5, 0.6) is 0 Å². The largest absolute Gasteiger partial charge is 0.396 e. The predicted molar refractivity (Wildman–Crippen MR) is 61.1 cm³/mol. The third kappa shape index (κ3) is 1.79. The van der Waals surface area contributed by atoms with Gasteiger partial charge in [0.2, 0.25) is 0 Å². The molecule has 16 heavy (non-hydrogen) atoms. The zero-order chi connectivity index (χ0) is 11.8. The van der Waals surface area contributed by atoms with Crippen LogP contribution in [-0.2, 0) is 9.84 Å². The molecule has 0 spiro atoms. The molecule has 2 aromatic rings. The maximum absolute atomic E-state index is 11.5. The van der Waals surface area contributed by atoms with E-state index < -0.39 is 9.84 Å². The number of aromatic nitrogens is 2. The molecule has 6 heteroatoms. The second-order valence-electron chi connectivity index (χ2n) is 3.43. The Labute approximate surface area is 93.5 Å². The van der Waals surface area contributed by atoms with E-state index in [4.69, 9.17) is 5.73 Å². The van der Waals surface area contributed by atoms with Gasteiger partial charge >= 0.3 is 0 Å². The van der Waals surface area contributed by atoms with E-state index in [1.165, 1.54) is 6.07 Å². The Morgan fingerprint density at radius 1 is 1.38 bits per heavy atom. The maximum atomic E-state index is 11.5. The first-order valence-corrected chi connectivity index (χ1v) is 6.46. The summed E-state index contributed by atoms with van der Waals surface area (Å²) in [5.41, 5.74) is 6.68. The highest BCUT2D eigenvalue weighted by atomic mass is 32.2. The normalized spacial score (nSPS) is 11.6. The molecule has 2 N–H and O–H groups in total. The number of nitrogen functional groups attached to an aromatic ring is 1. The zero-order valence-electron chi connectivity index (χ0n) is 8.66. The Balaban J connectivity index is 2.67. The molecule has 0 amide bonds. The molecule has 0 radical (unpaired) electrons. The zero-order valence-corrected chi connectivity index (χ0v) is 9.48. The van der Waals surface area contributed by atoms with Gasteiger partial charge in [-0.3, -0.25) is 0 Å². The van der Waals surface area contributed by atoms with Crippen molar-refractivity contribution in [1.29, 1.82) is 0 Å². The summed E-state index contributed by atoms with van der Waals surface area (Å²) < 4.78 is 24.6. The molecule has 1 heterocycles. The van der Waals surface area contributed by atoms with Crippen LogP contribution in [0.25, 0.3) is 5.69 Å². The number of nitrogens with zero attached hydrogens (tertiary/aromatic N) is 2. The lowest BCUT2D eigenvalue weighted by molar-refractivity contribution is 0.602. The van der Waals surface area contributed by atoms with Gasteiger partial charge in [-0.1, -0.05) is 6.07 Å². The van der Waals surface area contributed by atoms with Gasteiger partial charge in [-0.25, -0.2) is 13.4 Å². The Morgan fingerprint density at radius 3 is 2.69 bits per heavy atom. The van der Waals surface area contributed by atoms with Gasteiger partial charge in [-0.05, 0) is 12.1 Å². The number of sulfone groups is 1. The van der Waals surface area contributed by atoms with E-state index >= 15 is 0 Å². The lowest BCUT2D eigenvalue weighted by Crippen LogP contribution is -2.06. The van der Waals surface area contributed by atoms with E-state index in [1.807, 2.05) is 0 Å². The summed E-state index contributed by atoms with van der Waals surface area (Å²) in [6.45, 7) is 0. The second-order valence-corrected chi connectivity index (χ2v) is 5.42. The number of hydrogen-bond acceptors (Lipinski definition) is 4. The lowest BCUT2D eigenvalue weighted by atomic mass is 10.2. The number of hydrogen-bond donors (Lipinski definition) is 1. The Bertz CT molecular complexity index is 603. The van der Waals surface area contributed by atoms with Crippen LogP contribution in [0.3, 0.4) is 0 Å². The molecule has 0 aliphatic heterocycles. The predicted octanol–water partition coefficient (Wildman–Crippen LogP) is 0.858. The Kier molecular flexibility index (Phi) is 2.43. The number of anilines is 1. The highest BCUT2D eigenvalue weighted by Crippen LogP contribution is 2.24. The van der Waals surface area contributed by atoms with E-state index in [9.17, 15) is 8.42 Å². The molecule has 1 aromatic heterocycles. The topological polar surface area (TPSA) is 78.0 Å². The number of para-hydroxylation sites is 1. The summed E-state index contributed by atoms with van der Waals surface area (Å²) in [6, 6.07) is 4.89. The van der Waals surface area contributed by atoms with Crippen molar-refractivity contribution in [3.8, 4) is 5.69 Å². The fraction of sp³-hybridized carbons (Fsp3) is 0.100. The minimum atomic E-state index is -3.31. The minimum absolute atomic E-state index is 0.138. The summed E-state index contributed by atoms with van der Waals surface area (Å²) in [6.07, 6.45) is 6.01. The van der Waals surface area contributed by atoms with Crippen LogP contribution in [-0.4, -0.2) is 24.2 Å². The number of benzene rings is 1. The average molecular weight is 237 g/mol. The van der Waals surface area contributed by atoms with Crippen molar-refractivity contribution in [2.75, 3.05) is 12.0 Å². The van der Waals surface area contributed by atoms with Gasteiger partial charge in [0.25, 0.3) is 0 Å². The fourth-order valence-electron chi connectivity index (χ4n) is 1.48. The molecule has 0 fully saturated rings. The standard InChI is InChI=1S/C10H11N3O2S/c1-16(14,15)9-4-2-3-8(10(9)11)13-6-5-12-7-13/h2-7H,11H2,1H3. The van der Waals surface area contributed by atoms with Crippen LogP contribution >= 0.6 is 0 Å². The molecule has 0 atom stereocenters. The first kappa shape index (κ1) is 10.7. The van der Waals surface area contributed by atoms with Gasteiger partial charge < -0.3 is 10.3 Å². The Hall–Kier alpha value is -1.82. The van der Waals surface area contributed by atoms with Crippen LogP contribution in [0.2, 0.25) is 0 Å².